The van der Waals surface area contributed by atoms with E-state index in [4.69, 9.17) is 4.99 Å². The third-order valence-corrected chi connectivity index (χ3v) is 5.97. The molecule has 0 radical (unpaired) electrons. The maximum atomic E-state index is 14.8. The van der Waals surface area contributed by atoms with Crippen molar-refractivity contribution in [3.8, 4) is 0 Å². The van der Waals surface area contributed by atoms with Crippen LogP contribution in [0.5, 0.6) is 0 Å². The minimum absolute atomic E-state index is 0.228. The predicted molar refractivity (Wildman–Crippen MR) is 99.0 cm³/mol. The SMILES string of the molecule is Cc1c(C2=NC(C)(C)C(C)(C)c3c(F)cccc32)cnn2c(F)ccc12. The molecule has 3 nitrogen and oxygen atoms in total. The van der Waals surface area contributed by atoms with Crippen molar-refractivity contribution in [1.29, 1.82) is 0 Å². The second kappa shape index (κ2) is 5.22. The van der Waals surface area contributed by atoms with Gasteiger partial charge in [0.05, 0.1) is 23.0 Å². The highest BCUT2D eigenvalue weighted by Crippen LogP contribution is 2.45. The molecular formula is C21H21F2N3. The van der Waals surface area contributed by atoms with Gasteiger partial charge in [-0.25, -0.2) is 8.91 Å². The van der Waals surface area contributed by atoms with Crippen molar-refractivity contribution in [1.82, 2.24) is 9.61 Å². The minimum atomic E-state index is -0.511. The maximum absolute atomic E-state index is 14.8. The van der Waals surface area contributed by atoms with Crippen LogP contribution >= 0.6 is 0 Å². The molecule has 1 aliphatic rings. The van der Waals surface area contributed by atoms with Gasteiger partial charge in [0.2, 0.25) is 5.95 Å². The summed E-state index contributed by atoms with van der Waals surface area (Å²) in [4.78, 5) is 5.00. The number of hydrogen-bond acceptors (Lipinski definition) is 2. The monoisotopic (exact) mass is 353 g/mol. The van der Waals surface area contributed by atoms with Gasteiger partial charge in [-0.3, -0.25) is 4.99 Å². The van der Waals surface area contributed by atoms with Gasteiger partial charge >= 0.3 is 0 Å². The predicted octanol–water partition coefficient (Wildman–Crippen LogP) is 4.83. The second-order valence-electron chi connectivity index (χ2n) is 7.94. The molecule has 0 atom stereocenters. The Bertz CT molecular complexity index is 1070. The van der Waals surface area contributed by atoms with Gasteiger partial charge in [-0.15, -0.1) is 0 Å². The topological polar surface area (TPSA) is 29.7 Å². The summed E-state index contributed by atoms with van der Waals surface area (Å²) in [5, 5.41) is 4.22. The van der Waals surface area contributed by atoms with Crippen LogP contribution in [0.3, 0.4) is 0 Å². The van der Waals surface area contributed by atoms with Crippen LogP contribution in [-0.4, -0.2) is 20.9 Å². The molecule has 0 unspecified atom stereocenters. The lowest BCUT2D eigenvalue weighted by Gasteiger charge is -2.44. The minimum Gasteiger partial charge on any atom is -0.277 e. The van der Waals surface area contributed by atoms with Crippen LogP contribution in [0, 0.1) is 18.7 Å². The number of nitrogens with zero attached hydrogens (tertiary/aromatic N) is 3. The van der Waals surface area contributed by atoms with Crippen molar-refractivity contribution in [2.24, 2.45) is 4.99 Å². The van der Waals surface area contributed by atoms with Crippen molar-refractivity contribution in [2.45, 2.75) is 45.6 Å². The van der Waals surface area contributed by atoms with E-state index >= 15 is 0 Å². The highest BCUT2D eigenvalue weighted by atomic mass is 19.1. The Morgan fingerprint density at radius 2 is 1.69 bits per heavy atom. The van der Waals surface area contributed by atoms with Crippen LogP contribution in [0.4, 0.5) is 8.78 Å². The molecule has 3 heterocycles. The van der Waals surface area contributed by atoms with Crippen molar-refractivity contribution in [3.63, 3.8) is 0 Å². The number of aryl methyl sites for hydroxylation is 1. The normalized spacial score (nSPS) is 17.9. The van der Waals surface area contributed by atoms with E-state index in [0.29, 0.717) is 16.8 Å². The molecule has 1 aliphatic heterocycles. The van der Waals surface area contributed by atoms with Crippen molar-refractivity contribution in [2.75, 3.05) is 0 Å². The van der Waals surface area contributed by atoms with Gasteiger partial charge in [-0.05, 0) is 44.5 Å². The Morgan fingerprint density at radius 3 is 2.42 bits per heavy atom. The number of aliphatic imine (C=N–C) groups is 1. The van der Waals surface area contributed by atoms with Crippen LogP contribution in [0.1, 0.15) is 49.9 Å². The van der Waals surface area contributed by atoms with Gasteiger partial charge in [0.25, 0.3) is 0 Å². The zero-order valence-electron chi connectivity index (χ0n) is 15.6. The summed E-state index contributed by atoms with van der Waals surface area (Å²) < 4.78 is 29.9. The highest BCUT2D eigenvalue weighted by molar-refractivity contribution is 6.16. The summed E-state index contributed by atoms with van der Waals surface area (Å²) in [5.74, 6) is -0.637. The zero-order chi connectivity index (χ0) is 18.9. The quantitative estimate of drug-likeness (QED) is 0.616. The zero-order valence-corrected chi connectivity index (χ0v) is 15.6. The number of fused-ring (bicyclic) bond motifs is 2. The number of hydrogen-bond donors (Lipinski definition) is 0. The van der Waals surface area contributed by atoms with Gasteiger partial charge in [0, 0.05) is 22.1 Å². The first kappa shape index (κ1) is 16.9. The summed E-state index contributed by atoms with van der Waals surface area (Å²) in [6.07, 6.45) is 1.62. The fraction of sp³-hybridized carbons (Fsp3) is 0.333. The van der Waals surface area contributed by atoms with Crippen LogP contribution < -0.4 is 0 Å². The van der Waals surface area contributed by atoms with E-state index in [1.807, 2.05) is 40.7 Å². The molecule has 0 saturated carbocycles. The molecule has 0 fully saturated rings. The molecule has 4 rings (SSSR count). The molecule has 0 bridgehead atoms. The van der Waals surface area contributed by atoms with E-state index in [1.165, 1.54) is 16.6 Å². The molecule has 5 heteroatoms. The Labute approximate surface area is 151 Å². The van der Waals surface area contributed by atoms with Gasteiger partial charge in [-0.1, -0.05) is 26.0 Å². The lowest BCUT2D eigenvalue weighted by Crippen LogP contribution is -2.47. The Balaban J connectivity index is 2.05. The average Bonchev–Trinajstić information content (AvgIpc) is 2.94. The van der Waals surface area contributed by atoms with Crippen LogP contribution in [0.15, 0.2) is 41.5 Å². The van der Waals surface area contributed by atoms with Crippen molar-refractivity contribution < 1.29 is 8.78 Å². The third kappa shape index (κ3) is 2.09. The highest BCUT2D eigenvalue weighted by Gasteiger charge is 2.45. The lowest BCUT2D eigenvalue weighted by molar-refractivity contribution is 0.293. The summed E-state index contributed by atoms with van der Waals surface area (Å²) in [6, 6.07) is 8.19. The Kier molecular flexibility index (Phi) is 3.39. The molecule has 0 N–H and O–H groups in total. The number of halogens is 2. The summed E-state index contributed by atoms with van der Waals surface area (Å²) >= 11 is 0. The molecule has 1 aromatic carbocycles. The summed E-state index contributed by atoms with van der Waals surface area (Å²) in [6.45, 7) is 9.99. The van der Waals surface area contributed by atoms with Crippen molar-refractivity contribution in [3.05, 3.63) is 70.5 Å². The molecular weight excluding hydrogens is 332 g/mol. The van der Waals surface area contributed by atoms with E-state index in [2.05, 4.69) is 5.10 Å². The van der Waals surface area contributed by atoms with Crippen LogP contribution in [0.25, 0.3) is 5.52 Å². The fourth-order valence-corrected chi connectivity index (χ4v) is 3.74. The standard InChI is InChI=1S/C21H21F2N3/c1-12-14(11-24-26-16(12)9-10-17(26)23)19-13-7-6-8-15(22)18(13)20(2,3)21(4,5)25-19/h6-11H,1-5H3. The second-order valence-corrected chi connectivity index (χ2v) is 7.94. The molecule has 134 valence electrons. The molecule has 2 aromatic heterocycles. The smallest absolute Gasteiger partial charge is 0.214 e. The van der Waals surface area contributed by atoms with Gasteiger partial charge in [-0.2, -0.15) is 9.49 Å². The number of rotatable bonds is 1. The lowest BCUT2D eigenvalue weighted by atomic mass is 9.65. The van der Waals surface area contributed by atoms with E-state index in [9.17, 15) is 8.78 Å². The van der Waals surface area contributed by atoms with E-state index in [1.54, 1.807) is 18.3 Å². The molecule has 0 saturated heterocycles. The van der Waals surface area contributed by atoms with Gasteiger partial charge in [0.1, 0.15) is 5.82 Å². The van der Waals surface area contributed by atoms with E-state index < -0.39 is 16.9 Å². The van der Waals surface area contributed by atoms with Crippen LogP contribution in [0.2, 0.25) is 0 Å². The summed E-state index contributed by atoms with van der Waals surface area (Å²) in [7, 11) is 0. The Morgan fingerprint density at radius 1 is 0.962 bits per heavy atom. The number of benzene rings is 1. The molecule has 0 aliphatic carbocycles. The first-order valence-electron chi connectivity index (χ1n) is 8.67. The largest absolute Gasteiger partial charge is 0.277 e. The van der Waals surface area contributed by atoms with E-state index in [-0.39, 0.29) is 5.82 Å². The molecule has 26 heavy (non-hydrogen) atoms. The van der Waals surface area contributed by atoms with Gasteiger partial charge in [0.15, 0.2) is 0 Å². The van der Waals surface area contributed by atoms with Gasteiger partial charge < -0.3 is 0 Å². The molecule has 3 aromatic rings. The maximum Gasteiger partial charge on any atom is 0.214 e. The molecule has 0 spiro atoms. The van der Waals surface area contributed by atoms with E-state index in [0.717, 1.165) is 16.7 Å². The first-order chi connectivity index (χ1) is 12.1. The average molecular weight is 353 g/mol. The Hall–Kier alpha value is -2.56. The first-order valence-corrected chi connectivity index (χ1v) is 8.67. The third-order valence-electron chi connectivity index (χ3n) is 5.97. The summed E-state index contributed by atoms with van der Waals surface area (Å²) in [5.41, 5.74) is 3.51. The van der Waals surface area contributed by atoms with Crippen LogP contribution in [-0.2, 0) is 5.41 Å². The molecule has 0 amide bonds. The van der Waals surface area contributed by atoms with Crippen molar-refractivity contribution >= 4 is 11.2 Å². The number of aromatic nitrogens is 2. The fourth-order valence-electron chi connectivity index (χ4n) is 3.74.